The number of likely N-dealkylation sites (tertiary alicyclic amines) is 1. The number of nitrogens with one attached hydrogen (secondary N) is 1. The highest BCUT2D eigenvalue weighted by atomic mass is 16.5. The lowest BCUT2D eigenvalue weighted by molar-refractivity contribution is -0.143. The second kappa shape index (κ2) is 5.73. The highest BCUT2D eigenvalue weighted by molar-refractivity contribution is 5.76. The third kappa shape index (κ3) is 3.00. The normalized spacial score (nSPS) is 17.2. The molecule has 6 heteroatoms. The third-order valence-electron chi connectivity index (χ3n) is 4.05. The van der Waals surface area contributed by atoms with Crippen LogP contribution < -0.4 is 4.74 Å². The summed E-state index contributed by atoms with van der Waals surface area (Å²) in [6, 6.07) is 5.76. The number of carbonyl (C=O) groups is 1. The molecule has 0 atom stereocenters. The first-order valence-corrected chi connectivity index (χ1v) is 7.13. The van der Waals surface area contributed by atoms with Crippen molar-refractivity contribution in [2.45, 2.75) is 19.4 Å². The highest BCUT2D eigenvalue weighted by Gasteiger charge is 2.24. The van der Waals surface area contributed by atoms with E-state index in [4.69, 9.17) is 9.84 Å². The van der Waals surface area contributed by atoms with E-state index in [-0.39, 0.29) is 5.92 Å². The Hall–Kier alpha value is -2.08. The van der Waals surface area contributed by atoms with Crippen molar-refractivity contribution < 1.29 is 14.6 Å². The quantitative estimate of drug-likeness (QED) is 0.898. The molecule has 0 radical (unpaired) electrons. The Morgan fingerprint density at radius 2 is 2.24 bits per heavy atom. The van der Waals surface area contributed by atoms with Crippen molar-refractivity contribution in [3.63, 3.8) is 0 Å². The van der Waals surface area contributed by atoms with Crippen LogP contribution in [0.3, 0.4) is 0 Å². The van der Waals surface area contributed by atoms with Gasteiger partial charge in [0, 0.05) is 6.07 Å². The molecule has 0 amide bonds. The Kier molecular flexibility index (Phi) is 3.79. The molecule has 1 aromatic heterocycles. The zero-order chi connectivity index (χ0) is 14.8. The van der Waals surface area contributed by atoms with E-state index in [1.54, 1.807) is 7.11 Å². The van der Waals surface area contributed by atoms with Gasteiger partial charge in [-0.3, -0.25) is 9.69 Å². The minimum absolute atomic E-state index is 0.193. The number of aromatic amines is 1. The number of aromatic nitrogens is 2. The van der Waals surface area contributed by atoms with E-state index in [2.05, 4.69) is 14.9 Å². The van der Waals surface area contributed by atoms with E-state index in [0.29, 0.717) is 12.8 Å². The standard InChI is InChI=1S/C15H19N3O3/c1-21-11-2-3-12-13(8-11)17-14(16-12)9-18-6-4-10(5-7-18)15(19)20/h2-3,8,10H,4-7,9H2,1H3,(H,16,17)(H,19,20). The number of imidazole rings is 1. The molecule has 6 nitrogen and oxygen atoms in total. The molecule has 0 bridgehead atoms. The van der Waals surface area contributed by atoms with Crippen molar-refractivity contribution in [1.82, 2.24) is 14.9 Å². The number of carboxylic acids is 1. The number of piperidine rings is 1. The van der Waals surface area contributed by atoms with E-state index in [1.165, 1.54) is 0 Å². The van der Waals surface area contributed by atoms with Gasteiger partial charge in [0.25, 0.3) is 0 Å². The number of nitrogens with zero attached hydrogens (tertiary/aromatic N) is 2. The van der Waals surface area contributed by atoms with Crippen molar-refractivity contribution in [3.8, 4) is 5.75 Å². The summed E-state index contributed by atoms with van der Waals surface area (Å²) in [6.45, 7) is 2.33. The predicted molar refractivity (Wildman–Crippen MR) is 78.3 cm³/mol. The van der Waals surface area contributed by atoms with Crippen LogP contribution in [0.15, 0.2) is 18.2 Å². The minimum Gasteiger partial charge on any atom is -0.497 e. The van der Waals surface area contributed by atoms with Crippen LogP contribution in [0.25, 0.3) is 11.0 Å². The van der Waals surface area contributed by atoms with Gasteiger partial charge < -0.3 is 14.8 Å². The number of H-pyrrole nitrogens is 1. The number of aliphatic carboxylic acids is 1. The molecule has 2 N–H and O–H groups in total. The van der Waals surface area contributed by atoms with E-state index in [1.807, 2.05) is 18.2 Å². The Balaban J connectivity index is 1.67. The molecule has 0 unspecified atom stereocenters. The summed E-state index contributed by atoms with van der Waals surface area (Å²) >= 11 is 0. The fourth-order valence-electron chi connectivity index (χ4n) is 2.79. The predicted octanol–water partition coefficient (Wildman–Crippen LogP) is 1.87. The molecule has 1 aliphatic rings. The number of hydrogen-bond acceptors (Lipinski definition) is 4. The lowest BCUT2D eigenvalue weighted by Crippen LogP contribution is -2.36. The Labute approximate surface area is 122 Å². The van der Waals surface area contributed by atoms with Gasteiger partial charge in [-0.05, 0) is 38.1 Å². The van der Waals surface area contributed by atoms with Crippen molar-refractivity contribution in [3.05, 3.63) is 24.0 Å². The summed E-state index contributed by atoms with van der Waals surface area (Å²) in [5, 5.41) is 9.01. The van der Waals surface area contributed by atoms with Crippen LogP contribution in [0.1, 0.15) is 18.7 Å². The van der Waals surface area contributed by atoms with E-state index < -0.39 is 5.97 Å². The number of carboxylic acid groups (broad SMARTS) is 1. The fourth-order valence-corrected chi connectivity index (χ4v) is 2.79. The average molecular weight is 289 g/mol. The van der Waals surface area contributed by atoms with Gasteiger partial charge >= 0.3 is 5.97 Å². The second-order valence-corrected chi connectivity index (χ2v) is 5.46. The van der Waals surface area contributed by atoms with Crippen LogP contribution in [0, 0.1) is 5.92 Å². The van der Waals surface area contributed by atoms with Gasteiger partial charge in [-0.15, -0.1) is 0 Å². The molecular formula is C15H19N3O3. The summed E-state index contributed by atoms with van der Waals surface area (Å²) in [4.78, 5) is 21.1. The van der Waals surface area contributed by atoms with Gasteiger partial charge in [0.2, 0.25) is 0 Å². The molecule has 112 valence electrons. The molecule has 1 saturated heterocycles. The highest BCUT2D eigenvalue weighted by Crippen LogP contribution is 2.21. The van der Waals surface area contributed by atoms with Gasteiger partial charge in [0.1, 0.15) is 11.6 Å². The summed E-state index contributed by atoms with van der Waals surface area (Å²) in [7, 11) is 1.64. The summed E-state index contributed by atoms with van der Waals surface area (Å²) in [6.07, 6.45) is 1.42. The zero-order valence-electron chi connectivity index (χ0n) is 12.0. The molecule has 1 aliphatic heterocycles. The average Bonchev–Trinajstić information content (AvgIpc) is 2.88. The van der Waals surface area contributed by atoms with Gasteiger partial charge in [0.15, 0.2) is 0 Å². The maximum atomic E-state index is 10.9. The molecule has 0 aliphatic carbocycles. The zero-order valence-corrected chi connectivity index (χ0v) is 12.0. The first kappa shape index (κ1) is 13.9. The molecule has 0 spiro atoms. The van der Waals surface area contributed by atoms with Gasteiger partial charge in [-0.1, -0.05) is 0 Å². The van der Waals surface area contributed by atoms with Gasteiger partial charge in [-0.2, -0.15) is 0 Å². The SMILES string of the molecule is COc1ccc2nc(CN3CCC(C(=O)O)CC3)[nH]c2c1. The lowest BCUT2D eigenvalue weighted by Gasteiger charge is -2.29. The molecule has 1 aromatic carbocycles. The molecular weight excluding hydrogens is 270 g/mol. The first-order chi connectivity index (χ1) is 10.2. The van der Waals surface area contributed by atoms with Crippen LogP contribution in [-0.4, -0.2) is 46.1 Å². The van der Waals surface area contributed by atoms with E-state index >= 15 is 0 Å². The molecule has 2 heterocycles. The number of methoxy groups -OCH3 is 1. The monoisotopic (exact) mass is 289 g/mol. The Morgan fingerprint density at radius 1 is 1.48 bits per heavy atom. The fraction of sp³-hybridized carbons (Fsp3) is 0.467. The van der Waals surface area contributed by atoms with Crippen molar-refractivity contribution >= 4 is 17.0 Å². The second-order valence-electron chi connectivity index (χ2n) is 5.46. The number of ether oxygens (including phenoxy) is 1. The molecule has 21 heavy (non-hydrogen) atoms. The van der Waals surface area contributed by atoms with Gasteiger partial charge in [-0.25, -0.2) is 4.98 Å². The van der Waals surface area contributed by atoms with Crippen LogP contribution in [0.5, 0.6) is 5.75 Å². The van der Waals surface area contributed by atoms with E-state index in [0.717, 1.165) is 42.2 Å². The van der Waals surface area contributed by atoms with Crippen LogP contribution in [0.2, 0.25) is 0 Å². The summed E-state index contributed by atoms with van der Waals surface area (Å²) in [5.74, 6) is 0.846. The lowest BCUT2D eigenvalue weighted by atomic mass is 9.97. The van der Waals surface area contributed by atoms with Crippen LogP contribution >= 0.6 is 0 Å². The van der Waals surface area contributed by atoms with E-state index in [9.17, 15) is 4.79 Å². The van der Waals surface area contributed by atoms with Crippen LogP contribution in [-0.2, 0) is 11.3 Å². The third-order valence-corrected chi connectivity index (χ3v) is 4.05. The molecule has 2 aromatic rings. The van der Waals surface area contributed by atoms with Gasteiger partial charge in [0.05, 0.1) is 30.6 Å². The molecule has 0 saturated carbocycles. The first-order valence-electron chi connectivity index (χ1n) is 7.13. The Bertz CT molecular complexity index is 645. The maximum absolute atomic E-state index is 10.9. The number of fused-ring (bicyclic) bond motifs is 1. The molecule has 1 fully saturated rings. The maximum Gasteiger partial charge on any atom is 0.306 e. The molecule has 3 rings (SSSR count). The summed E-state index contributed by atoms with van der Waals surface area (Å²) in [5.41, 5.74) is 1.89. The van der Waals surface area contributed by atoms with Crippen molar-refractivity contribution in [1.29, 1.82) is 0 Å². The van der Waals surface area contributed by atoms with Crippen molar-refractivity contribution in [2.24, 2.45) is 5.92 Å². The number of hydrogen-bond donors (Lipinski definition) is 2. The smallest absolute Gasteiger partial charge is 0.306 e. The number of rotatable bonds is 4. The largest absolute Gasteiger partial charge is 0.497 e. The summed E-state index contributed by atoms with van der Waals surface area (Å²) < 4.78 is 5.20. The topological polar surface area (TPSA) is 78.4 Å². The van der Waals surface area contributed by atoms with Crippen molar-refractivity contribution in [2.75, 3.05) is 20.2 Å². The Morgan fingerprint density at radius 3 is 2.90 bits per heavy atom. The van der Waals surface area contributed by atoms with Crippen LogP contribution in [0.4, 0.5) is 0 Å². The minimum atomic E-state index is -0.675. The number of benzene rings is 1.